The lowest BCUT2D eigenvalue weighted by Gasteiger charge is -1.97. The van der Waals surface area contributed by atoms with E-state index in [4.69, 9.17) is 16.0 Å². The van der Waals surface area contributed by atoms with Crippen LogP contribution in [0.1, 0.15) is 0 Å². The monoisotopic (exact) mass is 285 g/mol. The lowest BCUT2D eigenvalue weighted by Crippen LogP contribution is -1.93. The Bertz CT molecular complexity index is 942. The van der Waals surface area contributed by atoms with Gasteiger partial charge in [0, 0.05) is 5.39 Å². The van der Waals surface area contributed by atoms with Gasteiger partial charge in [-0.15, -0.1) is 0 Å². The van der Waals surface area contributed by atoms with Gasteiger partial charge in [0.2, 0.25) is 0 Å². The molecule has 5 nitrogen and oxygen atoms in total. The highest BCUT2D eigenvalue weighted by Crippen LogP contribution is 2.32. The van der Waals surface area contributed by atoms with Crippen molar-refractivity contribution in [3.05, 3.63) is 47.7 Å². The Balaban J connectivity index is 2.01. The minimum atomic E-state index is 0.105. The molecule has 4 rings (SSSR count). The number of fused-ring (bicyclic) bond motifs is 2. The van der Waals surface area contributed by atoms with Crippen LogP contribution in [0.25, 0.3) is 28.1 Å². The van der Waals surface area contributed by atoms with Crippen molar-refractivity contribution in [2.45, 2.75) is 0 Å². The second-order valence-corrected chi connectivity index (χ2v) is 4.76. The maximum Gasteiger partial charge on any atom is 0.176 e. The molecular weight excluding hydrogens is 278 g/mol. The van der Waals surface area contributed by atoms with Gasteiger partial charge in [0.1, 0.15) is 10.8 Å². The Morgan fingerprint density at radius 1 is 1.20 bits per heavy atom. The molecule has 0 aliphatic rings. The lowest BCUT2D eigenvalue weighted by molar-refractivity contribution is 0.466. The maximum absolute atomic E-state index is 9.79. The van der Waals surface area contributed by atoms with E-state index in [1.165, 1.54) is 0 Å². The smallest absolute Gasteiger partial charge is 0.176 e. The molecule has 0 atom stereocenters. The van der Waals surface area contributed by atoms with Crippen molar-refractivity contribution in [1.82, 2.24) is 14.6 Å². The number of benzene rings is 1. The molecule has 0 saturated carbocycles. The van der Waals surface area contributed by atoms with Crippen LogP contribution in [0, 0.1) is 0 Å². The van der Waals surface area contributed by atoms with Crippen LogP contribution in [0.2, 0.25) is 5.15 Å². The van der Waals surface area contributed by atoms with Gasteiger partial charge < -0.3 is 9.52 Å². The van der Waals surface area contributed by atoms with Gasteiger partial charge in [-0.1, -0.05) is 23.7 Å². The number of hydrogen-bond acceptors (Lipinski definition) is 4. The van der Waals surface area contributed by atoms with Crippen molar-refractivity contribution >= 4 is 28.2 Å². The van der Waals surface area contributed by atoms with Gasteiger partial charge in [0.05, 0.1) is 6.20 Å². The number of phenols is 1. The summed E-state index contributed by atoms with van der Waals surface area (Å²) in [6, 6.07) is 10.5. The molecule has 0 aliphatic carbocycles. The molecule has 0 amide bonds. The van der Waals surface area contributed by atoms with Crippen molar-refractivity contribution in [2.75, 3.05) is 0 Å². The molecule has 0 fully saturated rings. The third kappa shape index (κ3) is 1.57. The summed E-state index contributed by atoms with van der Waals surface area (Å²) >= 11 is 5.91. The summed E-state index contributed by atoms with van der Waals surface area (Å²) in [5.41, 5.74) is 1.80. The van der Waals surface area contributed by atoms with Gasteiger partial charge in [-0.05, 0) is 24.3 Å². The highest BCUT2D eigenvalue weighted by atomic mass is 35.5. The lowest BCUT2D eigenvalue weighted by atomic mass is 10.2. The Kier molecular flexibility index (Phi) is 2.25. The third-order valence-corrected chi connectivity index (χ3v) is 3.31. The average molecular weight is 286 g/mol. The van der Waals surface area contributed by atoms with E-state index < -0.39 is 0 Å². The summed E-state index contributed by atoms with van der Waals surface area (Å²) in [4.78, 5) is 4.25. The number of nitrogens with zero attached hydrogens (tertiary/aromatic N) is 3. The average Bonchev–Trinajstić information content (AvgIpc) is 3.02. The van der Waals surface area contributed by atoms with Crippen LogP contribution < -0.4 is 0 Å². The molecular formula is C14H8ClN3O2. The first-order valence-corrected chi connectivity index (χ1v) is 6.32. The summed E-state index contributed by atoms with van der Waals surface area (Å²) in [6.07, 6.45) is 1.66. The van der Waals surface area contributed by atoms with Crippen molar-refractivity contribution in [3.8, 4) is 17.2 Å². The van der Waals surface area contributed by atoms with Gasteiger partial charge in [-0.25, -0.2) is 9.50 Å². The van der Waals surface area contributed by atoms with Gasteiger partial charge in [-0.2, -0.15) is 5.10 Å². The molecule has 0 spiro atoms. The van der Waals surface area contributed by atoms with E-state index in [9.17, 15) is 5.11 Å². The molecule has 0 radical (unpaired) electrons. The van der Waals surface area contributed by atoms with E-state index in [0.29, 0.717) is 27.8 Å². The molecule has 20 heavy (non-hydrogen) atoms. The largest absolute Gasteiger partial charge is 0.504 e. The SMILES string of the molecule is Oc1cccc2cc(-c3cnc4ccc(Cl)nn34)oc12. The molecule has 1 aromatic carbocycles. The highest BCUT2D eigenvalue weighted by Gasteiger charge is 2.14. The topological polar surface area (TPSA) is 63.6 Å². The summed E-state index contributed by atoms with van der Waals surface area (Å²) in [5, 5.41) is 15.2. The second-order valence-electron chi connectivity index (χ2n) is 4.38. The predicted molar refractivity (Wildman–Crippen MR) is 74.9 cm³/mol. The zero-order valence-electron chi connectivity index (χ0n) is 10.1. The Morgan fingerprint density at radius 2 is 2.10 bits per heavy atom. The molecule has 1 N–H and O–H groups in total. The van der Waals surface area contributed by atoms with Crippen LogP contribution in [-0.2, 0) is 0 Å². The first-order valence-electron chi connectivity index (χ1n) is 5.94. The van der Waals surface area contributed by atoms with Crippen LogP contribution in [-0.4, -0.2) is 19.7 Å². The second kappa shape index (κ2) is 3.98. The molecule has 4 aromatic rings. The first kappa shape index (κ1) is 11.3. The van der Waals surface area contributed by atoms with E-state index >= 15 is 0 Å². The van der Waals surface area contributed by atoms with Crippen LogP contribution in [0.3, 0.4) is 0 Å². The standard InChI is InChI=1S/C14H8ClN3O2/c15-12-4-5-13-16-7-9(18(13)17-12)11-6-8-2-1-3-10(19)14(8)20-11/h1-7,19H. The number of hydrogen-bond donors (Lipinski definition) is 1. The van der Waals surface area contributed by atoms with E-state index in [1.54, 1.807) is 35.0 Å². The van der Waals surface area contributed by atoms with Crippen LogP contribution >= 0.6 is 11.6 Å². The van der Waals surface area contributed by atoms with Crippen molar-refractivity contribution in [3.63, 3.8) is 0 Å². The van der Waals surface area contributed by atoms with Gasteiger partial charge in [0.15, 0.2) is 22.7 Å². The fourth-order valence-corrected chi connectivity index (χ4v) is 2.33. The van der Waals surface area contributed by atoms with E-state index in [0.717, 1.165) is 5.39 Å². The number of halogens is 1. The molecule has 0 unspecified atom stereocenters. The molecule has 0 saturated heterocycles. The normalized spacial score (nSPS) is 11.4. The summed E-state index contributed by atoms with van der Waals surface area (Å²) < 4.78 is 7.31. The van der Waals surface area contributed by atoms with Crippen LogP contribution in [0.15, 0.2) is 47.0 Å². The zero-order chi connectivity index (χ0) is 13.7. The van der Waals surface area contributed by atoms with Gasteiger partial charge in [-0.3, -0.25) is 0 Å². The minimum Gasteiger partial charge on any atom is -0.504 e. The van der Waals surface area contributed by atoms with Crippen molar-refractivity contribution in [2.24, 2.45) is 0 Å². The molecule has 3 heterocycles. The third-order valence-electron chi connectivity index (χ3n) is 3.11. The van der Waals surface area contributed by atoms with Crippen molar-refractivity contribution in [1.29, 1.82) is 0 Å². The summed E-state index contributed by atoms with van der Waals surface area (Å²) in [7, 11) is 0. The summed E-state index contributed by atoms with van der Waals surface area (Å²) in [6.45, 7) is 0. The molecule has 3 aromatic heterocycles. The molecule has 6 heteroatoms. The maximum atomic E-state index is 9.79. The quantitative estimate of drug-likeness (QED) is 0.581. The number of rotatable bonds is 1. The fraction of sp³-hybridized carbons (Fsp3) is 0. The highest BCUT2D eigenvalue weighted by molar-refractivity contribution is 6.29. The molecule has 0 aliphatic heterocycles. The first-order chi connectivity index (χ1) is 9.72. The predicted octanol–water partition coefficient (Wildman–Crippen LogP) is 3.50. The number of phenolic OH excluding ortho intramolecular Hbond substituents is 1. The van der Waals surface area contributed by atoms with E-state index in [2.05, 4.69) is 10.1 Å². The van der Waals surface area contributed by atoms with Gasteiger partial charge >= 0.3 is 0 Å². The number of imidazole rings is 1. The van der Waals surface area contributed by atoms with E-state index in [-0.39, 0.29) is 5.75 Å². The Hall–Kier alpha value is -2.53. The van der Waals surface area contributed by atoms with Crippen molar-refractivity contribution < 1.29 is 9.52 Å². The number of aromatic hydroxyl groups is 1. The molecule has 0 bridgehead atoms. The Labute approximate surface area is 118 Å². The number of para-hydroxylation sites is 1. The van der Waals surface area contributed by atoms with E-state index in [1.807, 2.05) is 12.1 Å². The number of furan rings is 1. The summed E-state index contributed by atoms with van der Waals surface area (Å²) in [5.74, 6) is 0.678. The van der Waals surface area contributed by atoms with Crippen LogP contribution in [0.5, 0.6) is 5.75 Å². The van der Waals surface area contributed by atoms with Gasteiger partial charge in [0.25, 0.3) is 0 Å². The molecule has 98 valence electrons. The minimum absolute atomic E-state index is 0.105. The zero-order valence-corrected chi connectivity index (χ0v) is 10.9. The van der Waals surface area contributed by atoms with Crippen LogP contribution in [0.4, 0.5) is 0 Å². The Morgan fingerprint density at radius 3 is 2.95 bits per heavy atom. The fourth-order valence-electron chi connectivity index (χ4n) is 2.19. The number of aromatic nitrogens is 3.